The molecule has 0 aliphatic carbocycles. The third kappa shape index (κ3) is 4.61. The number of benzene rings is 1. The second kappa shape index (κ2) is 6.99. The predicted molar refractivity (Wildman–Crippen MR) is 79.3 cm³/mol. The maximum Gasteiger partial charge on any atom is 0.472 e. The van der Waals surface area contributed by atoms with Gasteiger partial charge in [-0.15, -0.1) is 5.43 Å². The molecular formula is C11H16ClN4O5S+. The van der Waals surface area contributed by atoms with Crippen molar-refractivity contribution in [2.75, 3.05) is 13.1 Å². The molecule has 0 aliphatic rings. The van der Waals surface area contributed by atoms with Crippen LogP contribution < -0.4 is 10.1 Å². The van der Waals surface area contributed by atoms with Gasteiger partial charge in [0.2, 0.25) is 10.0 Å². The maximum absolute atomic E-state index is 11.9. The molecule has 0 aromatic heterocycles. The first-order chi connectivity index (χ1) is 10.1. The Kier molecular flexibility index (Phi) is 5.80. The second-order valence-corrected chi connectivity index (χ2v) is 7.01. The van der Waals surface area contributed by atoms with Crippen LogP contribution in [0.1, 0.15) is 13.8 Å². The number of hydrazine groups is 1. The van der Waals surface area contributed by atoms with Crippen LogP contribution in [-0.2, 0) is 10.0 Å². The van der Waals surface area contributed by atoms with Crippen molar-refractivity contribution < 1.29 is 18.2 Å². The first-order valence-corrected chi connectivity index (χ1v) is 8.04. The molecule has 1 aromatic carbocycles. The Labute approximate surface area is 132 Å². The molecule has 0 radical (unpaired) electrons. The lowest BCUT2D eigenvalue weighted by molar-refractivity contribution is -0.840. The number of halogens is 1. The molecule has 1 aromatic rings. The Morgan fingerprint density at radius 1 is 1.18 bits per heavy atom. The minimum absolute atomic E-state index is 0.0292. The highest BCUT2D eigenvalue weighted by atomic mass is 35.5. The van der Waals surface area contributed by atoms with Crippen molar-refractivity contribution >= 4 is 21.6 Å². The summed E-state index contributed by atoms with van der Waals surface area (Å²) < 4.78 is 26.1. The zero-order valence-corrected chi connectivity index (χ0v) is 13.5. The Balaban J connectivity index is 2.52. The summed E-state index contributed by atoms with van der Waals surface area (Å²) in [6, 6.07) is 5.56. The summed E-state index contributed by atoms with van der Waals surface area (Å²) in [5, 5.41) is 11.1. The summed E-state index contributed by atoms with van der Waals surface area (Å²) in [5.41, 5.74) is 0.373. The topological polar surface area (TPSA) is 121 Å². The first-order valence-electron chi connectivity index (χ1n) is 6.18. The molecule has 2 N–H and O–H groups in total. The molecule has 0 bridgehead atoms. The van der Waals surface area contributed by atoms with Gasteiger partial charge in [-0.3, -0.25) is 10.1 Å². The SMILES string of the molecule is CC(C)([N+](=O)[O-])[N+](=O)NCCNS(=O)(=O)c1ccc(Cl)cc1. The van der Waals surface area contributed by atoms with Crippen molar-refractivity contribution in [3.05, 3.63) is 44.3 Å². The van der Waals surface area contributed by atoms with Crippen molar-refractivity contribution in [2.45, 2.75) is 24.4 Å². The average Bonchev–Trinajstić information content (AvgIpc) is 2.43. The van der Waals surface area contributed by atoms with E-state index in [2.05, 4.69) is 10.1 Å². The zero-order valence-electron chi connectivity index (χ0n) is 11.9. The van der Waals surface area contributed by atoms with Crippen molar-refractivity contribution in [3.8, 4) is 0 Å². The first kappa shape index (κ1) is 18.3. The Hall–Kier alpha value is -1.78. The van der Waals surface area contributed by atoms with Gasteiger partial charge in [-0.1, -0.05) is 11.6 Å². The number of hydrogen-bond donors (Lipinski definition) is 2. The quantitative estimate of drug-likeness (QED) is 0.236. The van der Waals surface area contributed by atoms with Crippen molar-refractivity contribution in [1.82, 2.24) is 10.1 Å². The fourth-order valence-electron chi connectivity index (χ4n) is 1.31. The number of nitro groups is 1. The number of nitroso groups, excluding NO2 is 1. The molecule has 9 nitrogen and oxygen atoms in total. The smallest absolute Gasteiger partial charge is 0.258 e. The van der Waals surface area contributed by atoms with Gasteiger partial charge in [0.05, 0.1) is 35.1 Å². The normalized spacial score (nSPS) is 12.0. The molecule has 0 amide bonds. The van der Waals surface area contributed by atoms with E-state index >= 15 is 0 Å². The van der Waals surface area contributed by atoms with Crippen molar-refractivity contribution in [2.24, 2.45) is 0 Å². The van der Waals surface area contributed by atoms with E-state index in [-0.39, 0.29) is 22.9 Å². The molecule has 11 heteroatoms. The Bertz CT molecular complexity index is 660. The summed E-state index contributed by atoms with van der Waals surface area (Å²) >= 11 is 5.67. The van der Waals surface area contributed by atoms with Crippen LogP contribution in [0.15, 0.2) is 29.2 Å². The van der Waals surface area contributed by atoms with Crippen LogP contribution in [0, 0.1) is 15.0 Å². The van der Waals surface area contributed by atoms with E-state index < -0.39 is 20.6 Å². The molecule has 0 unspecified atom stereocenters. The van der Waals surface area contributed by atoms with E-state index in [4.69, 9.17) is 11.6 Å². The van der Waals surface area contributed by atoms with E-state index in [1.807, 2.05) is 0 Å². The number of hydrogen-bond acceptors (Lipinski definition) is 5. The van der Waals surface area contributed by atoms with Crippen molar-refractivity contribution in [1.29, 1.82) is 0 Å². The molecule has 22 heavy (non-hydrogen) atoms. The van der Waals surface area contributed by atoms with E-state index in [1.54, 1.807) is 0 Å². The van der Waals surface area contributed by atoms with Crippen LogP contribution in [-0.4, -0.2) is 37.0 Å². The zero-order chi connectivity index (χ0) is 17.0. The van der Waals surface area contributed by atoms with E-state index in [0.29, 0.717) is 5.02 Å². The van der Waals surface area contributed by atoms with Gasteiger partial charge < -0.3 is 0 Å². The highest BCUT2D eigenvalue weighted by Gasteiger charge is 2.48. The lowest BCUT2D eigenvalue weighted by Gasteiger charge is -2.08. The van der Waals surface area contributed by atoms with Crippen LogP contribution in [0.25, 0.3) is 0 Å². The second-order valence-electron chi connectivity index (χ2n) is 4.81. The highest BCUT2D eigenvalue weighted by molar-refractivity contribution is 7.89. The molecule has 1 rings (SSSR count). The van der Waals surface area contributed by atoms with Crippen LogP contribution in [0.4, 0.5) is 0 Å². The maximum atomic E-state index is 11.9. The van der Waals surface area contributed by atoms with Gasteiger partial charge in [-0.05, 0) is 24.3 Å². The molecule has 0 saturated heterocycles. The summed E-state index contributed by atoms with van der Waals surface area (Å²) in [6.07, 6.45) is 0. The highest BCUT2D eigenvalue weighted by Crippen LogP contribution is 2.13. The molecule has 0 atom stereocenters. The molecule has 0 heterocycles. The monoisotopic (exact) mass is 351 g/mol. The van der Waals surface area contributed by atoms with Gasteiger partial charge in [0, 0.05) is 11.6 Å². The largest absolute Gasteiger partial charge is 0.472 e. The Morgan fingerprint density at radius 3 is 2.23 bits per heavy atom. The summed E-state index contributed by atoms with van der Waals surface area (Å²) in [5.74, 6) is 0. The third-order valence-electron chi connectivity index (χ3n) is 2.74. The predicted octanol–water partition coefficient (Wildman–Crippen LogP) is 0.915. The molecular weight excluding hydrogens is 336 g/mol. The van der Waals surface area contributed by atoms with Gasteiger partial charge in [-0.25, -0.2) is 13.1 Å². The molecule has 0 saturated carbocycles. The lowest BCUT2D eigenvalue weighted by Crippen LogP contribution is -2.50. The van der Waals surface area contributed by atoms with Crippen LogP contribution >= 0.6 is 11.6 Å². The van der Waals surface area contributed by atoms with Crippen molar-refractivity contribution in [3.63, 3.8) is 0 Å². The van der Waals surface area contributed by atoms with Gasteiger partial charge in [-0.2, -0.15) is 0 Å². The standard InChI is InChI=1S/C11H16ClN4O5S/c1-11(2,16(18)19)15(17)13-7-8-14-22(20,21)10-5-3-9(12)4-6-10/h3-6,14H,7-8H2,1-2H3,(H,13,17)/q+1. The van der Waals surface area contributed by atoms with Gasteiger partial charge in [0.15, 0.2) is 4.87 Å². The molecule has 0 aliphatic heterocycles. The van der Waals surface area contributed by atoms with Crippen LogP contribution in [0.3, 0.4) is 0 Å². The number of rotatable bonds is 8. The summed E-state index contributed by atoms with van der Waals surface area (Å²) in [7, 11) is -3.73. The molecule has 0 fully saturated rings. The minimum Gasteiger partial charge on any atom is -0.258 e. The lowest BCUT2D eigenvalue weighted by atomic mass is 10.3. The summed E-state index contributed by atoms with van der Waals surface area (Å²) in [6.45, 7) is 2.04. The van der Waals surface area contributed by atoms with Gasteiger partial charge in [0.1, 0.15) is 0 Å². The minimum atomic E-state index is -3.73. The van der Waals surface area contributed by atoms with Crippen LogP contribution in [0.5, 0.6) is 0 Å². The summed E-state index contributed by atoms with van der Waals surface area (Å²) in [4.78, 5) is 21.5. The van der Waals surface area contributed by atoms with E-state index in [0.717, 1.165) is 13.8 Å². The number of sulfonamides is 1. The van der Waals surface area contributed by atoms with E-state index in [1.165, 1.54) is 24.3 Å². The third-order valence-corrected chi connectivity index (χ3v) is 4.47. The van der Waals surface area contributed by atoms with Gasteiger partial charge >= 0.3 is 5.66 Å². The fraction of sp³-hybridized carbons (Fsp3) is 0.455. The molecule has 0 spiro atoms. The number of nitrogens with one attached hydrogen (secondary N) is 2. The van der Waals surface area contributed by atoms with Crippen LogP contribution in [0.2, 0.25) is 5.02 Å². The molecule has 122 valence electrons. The number of nitrogens with zero attached hydrogens (tertiary/aromatic N) is 2. The van der Waals surface area contributed by atoms with E-state index in [9.17, 15) is 23.4 Å². The fourth-order valence-corrected chi connectivity index (χ4v) is 2.47. The van der Waals surface area contributed by atoms with Gasteiger partial charge in [0.25, 0.3) is 0 Å². The Morgan fingerprint density at radius 2 is 1.73 bits per heavy atom. The average molecular weight is 352 g/mol.